The normalized spacial score (nSPS) is 22.4. The molecule has 0 amide bonds. The lowest BCUT2D eigenvalue weighted by atomic mass is 10.2. The van der Waals surface area contributed by atoms with Crippen LogP contribution < -0.4 is 20.1 Å². The molecule has 2 aliphatic heterocycles. The molecule has 2 aliphatic rings. The van der Waals surface area contributed by atoms with Crippen LogP contribution in [0.25, 0.3) is 22.6 Å². The first kappa shape index (κ1) is 16.6. The minimum atomic E-state index is 0.229. The number of fused-ring (bicyclic) bond motifs is 1. The lowest BCUT2D eigenvalue weighted by Crippen LogP contribution is -2.19. The van der Waals surface area contributed by atoms with Crippen molar-refractivity contribution in [3.8, 4) is 23.0 Å². The van der Waals surface area contributed by atoms with Crippen LogP contribution in [0.15, 0.2) is 46.9 Å². The van der Waals surface area contributed by atoms with Crippen molar-refractivity contribution in [3.05, 3.63) is 42.5 Å². The Morgan fingerprint density at radius 3 is 2.19 bits per heavy atom. The summed E-state index contributed by atoms with van der Waals surface area (Å²) in [5.74, 6) is 2.32. The Morgan fingerprint density at radius 2 is 1.52 bits per heavy atom. The van der Waals surface area contributed by atoms with Crippen LogP contribution in [0.5, 0.6) is 11.5 Å². The third kappa shape index (κ3) is 3.63. The molecule has 2 aromatic carbocycles. The van der Waals surface area contributed by atoms with E-state index >= 15 is 0 Å². The molecule has 0 aliphatic carbocycles. The maximum absolute atomic E-state index is 6.01. The summed E-state index contributed by atoms with van der Waals surface area (Å²) in [5.41, 5.74) is 2.51. The summed E-state index contributed by atoms with van der Waals surface area (Å²) in [4.78, 5) is 4.60. The highest BCUT2D eigenvalue weighted by Gasteiger charge is 2.18. The van der Waals surface area contributed by atoms with Crippen molar-refractivity contribution < 1.29 is 13.9 Å². The van der Waals surface area contributed by atoms with Crippen LogP contribution in [0.3, 0.4) is 0 Å². The van der Waals surface area contributed by atoms with E-state index in [-0.39, 0.29) is 12.2 Å². The molecule has 5 rings (SSSR count). The van der Waals surface area contributed by atoms with Gasteiger partial charge in [-0.05, 0) is 62.3 Å². The monoisotopic (exact) mass is 365 g/mol. The number of aromatic nitrogens is 1. The van der Waals surface area contributed by atoms with Crippen LogP contribution in [0.2, 0.25) is 0 Å². The van der Waals surface area contributed by atoms with Gasteiger partial charge >= 0.3 is 0 Å². The second kappa shape index (κ2) is 7.21. The molecule has 2 unspecified atom stereocenters. The predicted molar refractivity (Wildman–Crippen MR) is 103 cm³/mol. The second-order valence-corrected chi connectivity index (χ2v) is 7.14. The zero-order chi connectivity index (χ0) is 18.1. The van der Waals surface area contributed by atoms with Crippen molar-refractivity contribution in [2.24, 2.45) is 0 Å². The Labute approximate surface area is 157 Å². The molecule has 0 saturated carbocycles. The van der Waals surface area contributed by atoms with Gasteiger partial charge in [-0.3, -0.25) is 0 Å². The van der Waals surface area contributed by atoms with Crippen LogP contribution in [0.4, 0.5) is 0 Å². The molecule has 3 heterocycles. The summed E-state index contributed by atoms with van der Waals surface area (Å²) in [5, 5.41) is 6.62. The molecule has 27 heavy (non-hydrogen) atoms. The van der Waals surface area contributed by atoms with Gasteiger partial charge in [0.15, 0.2) is 5.58 Å². The first-order chi connectivity index (χ1) is 13.3. The van der Waals surface area contributed by atoms with Gasteiger partial charge < -0.3 is 24.5 Å². The molecule has 2 saturated heterocycles. The number of hydrogen-bond acceptors (Lipinski definition) is 6. The molecule has 0 bridgehead atoms. The summed E-state index contributed by atoms with van der Waals surface area (Å²) in [6.07, 6.45) is 2.57. The first-order valence-corrected chi connectivity index (χ1v) is 9.59. The molecule has 3 aromatic rings. The summed E-state index contributed by atoms with van der Waals surface area (Å²) in [7, 11) is 0. The van der Waals surface area contributed by atoms with Crippen molar-refractivity contribution >= 4 is 11.1 Å². The summed E-state index contributed by atoms with van der Waals surface area (Å²) in [6, 6.07) is 13.8. The van der Waals surface area contributed by atoms with E-state index in [1.807, 2.05) is 42.5 Å². The Morgan fingerprint density at radius 1 is 0.852 bits per heavy atom. The average molecular weight is 365 g/mol. The maximum atomic E-state index is 6.01. The van der Waals surface area contributed by atoms with E-state index in [2.05, 4.69) is 15.6 Å². The number of rotatable bonds is 5. The molecule has 140 valence electrons. The van der Waals surface area contributed by atoms with Gasteiger partial charge in [0.2, 0.25) is 5.89 Å². The van der Waals surface area contributed by atoms with Crippen molar-refractivity contribution in [2.45, 2.75) is 25.0 Å². The molecule has 0 radical (unpaired) electrons. The van der Waals surface area contributed by atoms with Gasteiger partial charge in [0.05, 0.1) is 0 Å². The number of nitrogens with one attached hydrogen (secondary N) is 2. The largest absolute Gasteiger partial charge is 0.489 e. The predicted octanol–water partition coefficient (Wildman–Crippen LogP) is 2.98. The van der Waals surface area contributed by atoms with E-state index in [0.29, 0.717) is 5.89 Å². The van der Waals surface area contributed by atoms with Gasteiger partial charge in [0.1, 0.15) is 29.2 Å². The first-order valence-electron chi connectivity index (χ1n) is 9.59. The minimum absolute atomic E-state index is 0.229. The van der Waals surface area contributed by atoms with E-state index in [4.69, 9.17) is 13.9 Å². The maximum Gasteiger partial charge on any atom is 0.227 e. The fourth-order valence-corrected chi connectivity index (χ4v) is 3.62. The summed E-state index contributed by atoms with van der Waals surface area (Å²) < 4.78 is 17.9. The minimum Gasteiger partial charge on any atom is -0.489 e. The number of nitrogens with zero attached hydrogens (tertiary/aromatic N) is 1. The quantitative estimate of drug-likeness (QED) is 0.725. The molecule has 2 N–H and O–H groups in total. The van der Waals surface area contributed by atoms with E-state index in [0.717, 1.165) is 67.2 Å². The van der Waals surface area contributed by atoms with Gasteiger partial charge in [0.25, 0.3) is 0 Å². The molecular formula is C21H23N3O3. The van der Waals surface area contributed by atoms with Gasteiger partial charge in [-0.1, -0.05) is 0 Å². The standard InChI is InChI=1S/C21H23N3O3/c1-3-15(25-17-7-9-22-12-17)4-2-14(1)21-24-19-6-5-16(11-20(19)27-21)26-18-8-10-23-13-18/h1-6,11,17-18,22-23H,7-10,12-13H2. The van der Waals surface area contributed by atoms with Crippen LogP contribution >= 0.6 is 0 Å². The van der Waals surface area contributed by atoms with Crippen LogP contribution in [-0.2, 0) is 0 Å². The molecular weight excluding hydrogens is 342 g/mol. The van der Waals surface area contributed by atoms with Gasteiger partial charge in [0, 0.05) is 24.7 Å². The van der Waals surface area contributed by atoms with Crippen LogP contribution in [0, 0.1) is 0 Å². The van der Waals surface area contributed by atoms with Gasteiger partial charge in [-0.25, -0.2) is 4.98 Å². The number of ether oxygens (including phenoxy) is 2. The summed E-state index contributed by atoms with van der Waals surface area (Å²) in [6.45, 7) is 3.84. The van der Waals surface area contributed by atoms with E-state index in [9.17, 15) is 0 Å². The van der Waals surface area contributed by atoms with Crippen LogP contribution in [0.1, 0.15) is 12.8 Å². The number of benzene rings is 2. The lowest BCUT2D eigenvalue weighted by molar-refractivity contribution is 0.223. The van der Waals surface area contributed by atoms with Crippen molar-refractivity contribution in [3.63, 3.8) is 0 Å². The molecule has 6 heteroatoms. The Balaban J connectivity index is 1.33. The molecule has 6 nitrogen and oxygen atoms in total. The fraction of sp³-hybridized carbons (Fsp3) is 0.381. The third-order valence-electron chi connectivity index (χ3n) is 5.10. The fourth-order valence-electron chi connectivity index (χ4n) is 3.62. The van der Waals surface area contributed by atoms with E-state index < -0.39 is 0 Å². The molecule has 2 atom stereocenters. The SMILES string of the molecule is c1cc(-c2nc3ccc(OC4CCNC4)cc3o2)ccc1OC1CCNC1. The van der Waals surface area contributed by atoms with E-state index in [1.54, 1.807) is 0 Å². The van der Waals surface area contributed by atoms with Crippen molar-refractivity contribution in [1.29, 1.82) is 0 Å². The van der Waals surface area contributed by atoms with Crippen LogP contribution in [-0.4, -0.2) is 43.4 Å². The smallest absolute Gasteiger partial charge is 0.227 e. The van der Waals surface area contributed by atoms with E-state index in [1.165, 1.54) is 0 Å². The van der Waals surface area contributed by atoms with Gasteiger partial charge in [-0.15, -0.1) is 0 Å². The molecule has 0 spiro atoms. The highest BCUT2D eigenvalue weighted by molar-refractivity contribution is 5.77. The van der Waals surface area contributed by atoms with Gasteiger partial charge in [-0.2, -0.15) is 0 Å². The van der Waals surface area contributed by atoms with Crippen molar-refractivity contribution in [1.82, 2.24) is 15.6 Å². The highest BCUT2D eigenvalue weighted by Crippen LogP contribution is 2.29. The third-order valence-corrected chi connectivity index (χ3v) is 5.10. The Bertz CT molecular complexity index is 910. The molecule has 2 fully saturated rings. The zero-order valence-corrected chi connectivity index (χ0v) is 15.1. The van der Waals surface area contributed by atoms with Crippen molar-refractivity contribution in [2.75, 3.05) is 26.2 Å². The second-order valence-electron chi connectivity index (χ2n) is 7.14. The molecule has 1 aromatic heterocycles. The Hall–Kier alpha value is -2.57. The number of hydrogen-bond donors (Lipinski definition) is 2. The number of oxazole rings is 1. The summed E-state index contributed by atoms with van der Waals surface area (Å²) >= 11 is 0. The average Bonchev–Trinajstić information content (AvgIpc) is 3.44. The highest BCUT2D eigenvalue weighted by atomic mass is 16.5. The topological polar surface area (TPSA) is 68.5 Å². The zero-order valence-electron chi connectivity index (χ0n) is 15.1. The lowest BCUT2D eigenvalue weighted by Gasteiger charge is -2.12. The Kier molecular flexibility index (Phi) is 4.43.